The largest absolute Gasteiger partial charge is 0.344 e. The Morgan fingerprint density at radius 2 is 2.19 bits per heavy atom. The molecule has 1 saturated heterocycles. The molecule has 6 nitrogen and oxygen atoms in total. The Labute approximate surface area is 124 Å². The number of amides is 3. The van der Waals surface area contributed by atoms with E-state index in [1.54, 1.807) is 11.9 Å². The minimum Gasteiger partial charge on any atom is -0.344 e. The van der Waals surface area contributed by atoms with Crippen molar-refractivity contribution < 1.29 is 9.59 Å². The van der Waals surface area contributed by atoms with Crippen molar-refractivity contribution in [3.63, 3.8) is 0 Å². The van der Waals surface area contributed by atoms with Crippen LogP contribution in [0.15, 0.2) is 24.3 Å². The molecule has 1 aliphatic heterocycles. The molecule has 21 heavy (non-hydrogen) atoms. The van der Waals surface area contributed by atoms with Crippen LogP contribution in [0.4, 0.5) is 10.5 Å². The first-order chi connectivity index (χ1) is 10.0. The van der Waals surface area contributed by atoms with Gasteiger partial charge in [-0.3, -0.25) is 4.79 Å². The van der Waals surface area contributed by atoms with Gasteiger partial charge in [-0.2, -0.15) is 0 Å². The zero-order chi connectivity index (χ0) is 15.4. The summed E-state index contributed by atoms with van der Waals surface area (Å²) in [5.74, 6) is -0.0392. The third kappa shape index (κ3) is 3.72. The number of hydrogen-bond donors (Lipinski definition) is 3. The van der Waals surface area contributed by atoms with Crippen molar-refractivity contribution in [3.05, 3.63) is 29.8 Å². The molecular weight excluding hydrogens is 268 g/mol. The van der Waals surface area contributed by atoms with E-state index in [-0.39, 0.29) is 18.0 Å². The molecule has 0 aliphatic carbocycles. The predicted molar refractivity (Wildman–Crippen MR) is 82.1 cm³/mol. The van der Waals surface area contributed by atoms with Crippen molar-refractivity contribution in [2.45, 2.75) is 25.4 Å². The highest BCUT2D eigenvalue weighted by Crippen LogP contribution is 2.17. The molecule has 1 heterocycles. The maximum atomic E-state index is 12.0. The summed E-state index contributed by atoms with van der Waals surface area (Å²) in [4.78, 5) is 25.3. The van der Waals surface area contributed by atoms with E-state index in [1.807, 2.05) is 38.2 Å². The Morgan fingerprint density at radius 1 is 1.43 bits per heavy atom. The fraction of sp³-hybridized carbons (Fsp3) is 0.467. The van der Waals surface area contributed by atoms with Crippen LogP contribution >= 0.6 is 0 Å². The van der Waals surface area contributed by atoms with Gasteiger partial charge in [0.2, 0.25) is 5.91 Å². The molecule has 2 unspecified atom stereocenters. The van der Waals surface area contributed by atoms with E-state index in [0.717, 1.165) is 5.56 Å². The lowest BCUT2D eigenvalue weighted by Gasteiger charge is -2.15. The number of anilines is 1. The van der Waals surface area contributed by atoms with Gasteiger partial charge in [-0.1, -0.05) is 12.1 Å². The van der Waals surface area contributed by atoms with Gasteiger partial charge >= 0.3 is 6.03 Å². The molecule has 2 atom stereocenters. The van der Waals surface area contributed by atoms with E-state index in [1.165, 1.54) is 0 Å². The summed E-state index contributed by atoms with van der Waals surface area (Å²) in [6, 6.07) is 7.08. The molecule has 1 aliphatic rings. The van der Waals surface area contributed by atoms with Crippen molar-refractivity contribution in [2.24, 2.45) is 0 Å². The summed E-state index contributed by atoms with van der Waals surface area (Å²) in [5, 5.41) is 8.64. The smallest absolute Gasteiger partial charge is 0.319 e. The van der Waals surface area contributed by atoms with Crippen LogP contribution in [0.3, 0.4) is 0 Å². The average Bonchev–Trinajstić information content (AvgIpc) is 2.78. The van der Waals surface area contributed by atoms with E-state index in [9.17, 15) is 9.59 Å². The van der Waals surface area contributed by atoms with Crippen LogP contribution in [0.2, 0.25) is 0 Å². The Balaban J connectivity index is 1.95. The van der Waals surface area contributed by atoms with Crippen LogP contribution in [0.1, 0.15) is 24.9 Å². The second kappa shape index (κ2) is 6.58. The molecule has 3 amide bonds. The highest BCUT2D eigenvalue weighted by Gasteiger charge is 2.30. The molecule has 0 bridgehead atoms. The highest BCUT2D eigenvalue weighted by molar-refractivity contribution is 5.94. The number of urea groups is 1. The van der Waals surface area contributed by atoms with Crippen molar-refractivity contribution >= 4 is 17.6 Å². The third-order valence-corrected chi connectivity index (χ3v) is 3.81. The number of hydrogen-bond acceptors (Lipinski definition) is 3. The molecule has 1 aromatic carbocycles. The summed E-state index contributed by atoms with van der Waals surface area (Å²) in [5.41, 5.74) is 1.80. The predicted octanol–water partition coefficient (Wildman–Crippen LogP) is 1.32. The number of nitrogens with zero attached hydrogens (tertiary/aromatic N) is 1. The number of rotatable bonds is 4. The van der Waals surface area contributed by atoms with Crippen LogP contribution in [0.5, 0.6) is 0 Å². The zero-order valence-corrected chi connectivity index (χ0v) is 12.6. The minimum absolute atomic E-state index is 0.0392. The molecule has 0 radical (unpaired) electrons. The summed E-state index contributed by atoms with van der Waals surface area (Å²) < 4.78 is 0. The van der Waals surface area contributed by atoms with Gasteiger partial charge in [0.1, 0.15) is 6.04 Å². The number of likely N-dealkylation sites (N-methyl/N-ethyl adjacent to an activating group) is 1. The van der Waals surface area contributed by atoms with Gasteiger partial charge in [0.05, 0.1) is 0 Å². The molecule has 1 fully saturated rings. The summed E-state index contributed by atoms with van der Waals surface area (Å²) in [6.45, 7) is 2.73. The number of benzene rings is 1. The summed E-state index contributed by atoms with van der Waals surface area (Å²) in [7, 11) is 3.63. The molecular formula is C15H22N4O2. The fourth-order valence-electron chi connectivity index (χ4n) is 2.33. The molecule has 0 aromatic heterocycles. The van der Waals surface area contributed by atoms with E-state index < -0.39 is 6.04 Å². The zero-order valence-electron chi connectivity index (χ0n) is 12.6. The molecule has 0 saturated carbocycles. The van der Waals surface area contributed by atoms with Crippen molar-refractivity contribution in [1.29, 1.82) is 0 Å². The van der Waals surface area contributed by atoms with E-state index in [0.29, 0.717) is 18.7 Å². The number of nitrogens with one attached hydrogen (secondary N) is 3. The lowest BCUT2D eigenvalue weighted by Crippen LogP contribution is -2.42. The van der Waals surface area contributed by atoms with Gasteiger partial charge in [-0.05, 0) is 38.1 Å². The van der Waals surface area contributed by atoms with Crippen molar-refractivity contribution in [2.75, 3.05) is 26.0 Å². The van der Waals surface area contributed by atoms with E-state index in [2.05, 4.69) is 16.0 Å². The van der Waals surface area contributed by atoms with Crippen molar-refractivity contribution in [3.8, 4) is 0 Å². The van der Waals surface area contributed by atoms with Crippen LogP contribution in [-0.4, -0.2) is 43.5 Å². The Hall–Kier alpha value is -2.08. The first-order valence-electron chi connectivity index (χ1n) is 7.11. The minimum atomic E-state index is -0.422. The van der Waals surface area contributed by atoms with Gasteiger partial charge in [0, 0.05) is 25.3 Å². The van der Waals surface area contributed by atoms with Crippen LogP contribution in [0, 0.1) is 0 Å². The number of likely N-dealkylation sites (tertiary alicyclic amines) is 1. The van der Waals surface area contributed by atoms with Crippen LogP contribution in [0.25, 0.3) is 0 Å². The van der Waals surface area contributed by atoms with Crippen LogP contribution < -0.4 is 16.0 Å². The SMILES string of the molecule is CNC(C)c1cccc(NC(=O)NC2CCN(C)C2=O)c1. The quantitative estimate of drug-likeness (QED) is 0.783. The average molecular weight is 290 g/mol. The van der Waals surface area contributed by atoms with Gasteiger partial charge < -0.3 is 20.9 Å². The normalized spacial score (nSPS) is 19.5. The lowest BCUT2D eigenvalue weighted by molar-refractivity contribution is -0.128. The first-order valence-corrected chi connectivity index (χ1v) is 7.11. The standard InChI is InChI=1S/C15H22N4O2/c1-10(16-2)11-5-4-6-12(9-11)17-15(21)18-13-7-8-19(3)14(13)20/h4-6,9-10,13,16H,7-8H2,1-3H3,(H2,17,18,21). The number of carbonyl (C=O) groups is 2. The van der Waals surface area contributed by atoms with Gasteiger partial charge in [0.25, 0.3) is 0 Å². The Kier molecular flexibility index (Phi) is 4.80. The Morgan fingerprint density at radius 3 is 2.81 bits per heavy atom. The molecule has 6 heteroatoms. The highest BCUT2D eigenvalue weighted by atomic mass is 16.2. The van der Waals surface area contributed by atoms with Gasteiger partial charge in [0.15, 0.2) is 0 Å². The molecule has 2 rings (SSSR count). The maximum absolute atomic E-state index is 12.0. The summed E-state index contributed by atoms with van der Waals surface area (Å²) >= 11 is 0. The summed E-state index contributed by atoms with van der Waals surface area (Å²) in [6.07, 6.45) is 0.652. The van der Waals surface area contributed by atoms with Crippen LogP contribution in [-0.2, 0) is 4.79 Å². The molecule has 3 N–H and O–H groups in total. The first kappa shape index (κ1) is 15.3. The lowest BCUT2D eigenvalue weighted by atomic mass is 10.1. The van der Waals surface area contributed by atoms with E-state index >= 15 is 0 Å². The second-order valence-corrected chi connectivity index (χ2v) is 5.34. The van der Waals surface area contributed by atoms with Crippen molar-refractivity contribution in [1.82, 2.24) is 15.5 Å². The molecule has 0 spiro atoms. The molecule has 114 valence electrons. The third-order valence-electron chi connectivity index (χ3n) is 3.81. The topological polar surface area (TPSA) is 73.5 Å². The van der Waals surface area contributed by atoms with Gasteiger partial charge in [-0.25, -0.2) is 4.79 Å². The second-order valence-electron chi connectivity index (χ2n) is 5.34. The maximum Gasteiger partial charge on any atom is 0.319 e. The Bertz CT molecular complexity index is 532. The monoisotopic (exact) mass is 290 g/mol. The fourth-order valence-corrected chi connectivity index (χ4v) is 2.33. The van der Waals surface area contributed by atoms with E-state index in [4.69, 9.17) is 0 Å². The van der Waals surface area contributed by atoms with Gasteiger partial charge in [-0.15, -0.1) is 0 Å². The number of carbonyl (C=O) groups excluding carboxylic acids is 2. The molecule has 1 aromatic rings.